The van der Waals surface area contributed by atoms with E-state index in [9.17, 15) is 4.79 Å². The van der Waals surface area contributed by atoms with Gasteiger partial charge in [-0.1, -0.05) is 17.7 Å². The molecule has 0 fully saturated rings. The van der Waals surface area contributed by atoms with Gasteiger partial charge in [0, 0.05) is 29.2 Å². The number of anilines is 3. The third-order valence-electron chi connectivity index (χ3n) is 3.77. The molecule has 3 aromatic rings. The molecule has 0 aliphatic heterocycles. The molecule has 7 heteroatoms. The molecule has 0 atom stereocenters. The van der Waals surface area contributed by atoms with Crippen molar-refractivity contribution in [3.8, 4) is 11.5 Å². The molecule has 138 valence electrons. The maximum absolute atomic E-state index is 12.5. The number of pyridine rings is 1. The molecular formula is C20H18ClN3O3. The number of aromatic nitrogens is 1. The van der Waals surface area contributed by atoms with Crippen LogP contribution >= 0.6 is 11.6 Å². The SMILES string of the molecule is COc1cccc(Nc2cc(C(=O)Nc3ccc(OC)c(Cl)c3)ccn2)c1. The number of carbonyl (C=O) groups is 1. The summed E-state index contributed by atoms with van der Waals surface area (Å²) >= 11 is 6.09. The molecule has 0 aliphatic carbocycles. The molecule has 2 N–H and O–H groups in total. The van der Waals surface area contributed by atoms with Crippen LogP contribution in [0, 0.1) is 0 Å². The minimum atomic E-state index is -0.271. The van der Waals surface area contributed by atoms with Crippen LogP contribution in [0.3, 0.4) is 0 Å². The summed E-state index contributed by atoms with van der Waals surface area (Å²) in [5, 5.41) is 6.38. The fourth-order valence-electron chi connectivity index (χ4n) is 2.44. The minimum absolute atomic E-state index is 0.271. The highest BCUT2D eigenvalue weighted by Crippen LogP contribution is 2.27. The Bertz CT molecular complexity index is 963. The fourth-order valence-corrected chi connectivity index (χ4v) is 2.69. The van der Waals surface area contributed by atoms with Crippen LogP contribution in [0.1, 0.15) is 10.4 Å². The van der Waals surface area contributed by atoms with Crippen molar-refractivity contribution in [1.82, 2.24) is 4.98 Å². The maximum Gasteiger partial charge on any atom is 0.255 e. The van der Waals surface area contributed by atoms with Crippen molar-refractivity contribution in [2.45, 2.75) is 0 Å². The first kappa shape index (κ1) is 18.5. The van der Waals surface area contributed by atoms with Gasteiger partial charge < -0.3 is 20.1 Å². The monoisotopic (exact) mass is 383 g/mol. The number of halogens is 1. The van der Waals surface area contributed by atoms with Gasteiger partial charge in [0.2, 0.25) is 0 Å². The maximum atomic E-state index is 12.5. The van der Waals surface area contributed by atoms with Crippen LogP contribution in [0.15, 0.2) is 60.8 Å². The second-order valence-electron chi connectivity index (χ2n) is 5.59. The molecule has 0 bridgehead atoms. The first-order valence-electron chi connectivity index (χ1n) is 8.11. The molecule has 3 rings (SSSR count). The molecule has 1 amide bonds. The van der Waals surface area contributed by atoms with Crippen LogP contribution in [0.4, 0.5) is 17.2 Å². The van der Waals surface area contributed by atoms with Gasteiger partial charge >= 0.3 is 0 Å². The number of amides is 1. The van der Waals surface area contributed by atoms with E-state index in [0.717, 1.165) is 11.4 Å². The van der Waals surface area contributed by atoms with E-state index >= 15 is 0 Å². The van der Waals surface area contributed by atoms with Crippen LogP contribution < -0.4 is 20.1 Å². The third kappa shape index (κ3) is 4.68. The highest BCUT2D eigenvalue weighted by Gasteiger charge is 2.10. The van der Waals surface area contributed by atoms with Crippen molar-refractivity contribution in [1.29, 1.82) is 0 Å². The summed E-state index contributed by atoms with van der Waals surface area (Å²) in [6.07, 6.45) is 1.57. The van der Waals surface area contributed by atoms with E-state index in [1.807, 2.05) is 24.3 Å². The summed E-state index contributed by atoms with van der Waals surface area (Å²) in [6, 6.07) is 15.8. The molecule has 27 heavy (non-hydrogen) atoms. The number of carbonyl (C=O) groups excluding carboxylic acids is 1. The van der Waals surface area contributed by atoms with Crippen molar-refractivity contribution >= 4 is 34.7 Å². The van der Waals surface area contributed by atoms with E-state index in [0.29, 0.717) is 27.8 Å². The van der Waals surface area contributed by atoms with E-state index in [1.165, 1.54) is 7.11 Å². The van der Waals surface area contributed by atoms with E-state index in [1.54, 1.807) is 43.6 Å². The lowest BCUT2D eigenvalue weighted by atomic mass is 10.2. The molecule has 2 aromatic carbocycles. The number of hydrogen-bond donors (Lipinski definition) is 2. The average molecular weight is 384 g/mol. The molecule has 0 aliphatic rings. The molecule has 1 heterocycles. The minimum Gasteiger partial charge on any atom is -0.497 e. The van der Waals surface area contributed by atoms with Gasteiger partial charge in [-0.3, -0.25) is 4.79 Å². The van der Waals surface area contributed by atoms with Crippen molar-refractivity contribution < 1.29 is 14.3 Å². The van der Waals surface area contributed by atoms with Gasteiger partial charge in [-0.05, 0) is 42.5 Å². The lowest BCUT2D eigenvalue weighted by Crippen LogP contribution is -2.12. The Hall–Kier alpha value is -3.25. The average Bonchev–Trinajstić information content (AvgIpc) is 2.68. The van der Waals surface area contributed by atoms with Crippen LogP contribution in [-0.2, 0) is 0 Å². The second-order valence-corrected chi connectivity index (χ2v) is 6.00. The van der Waals surface area contributed by atoms with Crippen LogP contribution in [-0.4, -0.2) is 25.1 Å². The van der Waals surface area contributed by atoms with Crippen molar-refractivity contribution in [2.75, 3.05) is 24.9 Å². The molecule has 0 saturated carbocycles. The van der Waals surface area contributed by atoms with Gasteiger partial charge in [-0.2, -0.15) is 0 Å². The number of rotatable bonds is 6. The summed E-state index contributed by atoms with van der Waals surface area (Å²) in [6.45, 7) is 0. The number of hydrogen-bond acceptors (Lipinski definition) is 5. The number of nitrogens with one attached hydrogen (secondary N) is 2. The van der Waals surface area contributed by atoms with Crippen LogP contribution in [0.25, 0.3) is 0 Å². The summed E-state index contributed by atoms with van der Waals surface area (Å²) in [5.41, 5.74) is 1.84. The lowest BCUT2D eigenvalue weighted by Gasteiger charge is -2.10. The zero-order chi connectivity index (χ0) is 19.2. The Morgan fingerprint density at radius 1 is 1.00 bits per heavy atom. The van der Waals surface area contributed by atoms with E-state index in [-0.39, 0.29) is 5.91 Å². The molecule has 0 saturated heterocycles. The Labute approximate surface area is 162 Å². The highest BCUT2D eigenvalue weighted by molar-refractivity contribution is 6.32. The lowest BCUT2D eigenvalue weighted by molar-refractivity contribution is 0.102. The topological polar surface area (TPSA) is 72.5 Å². The molecule has 0 spiro atoms. The zero-order valence-electron chi connectivity index (χ0n) is 14.8. The number of benzene rings is 2. The fraction of sp³-hybridized carbons (Fsp3) is 0.100. The Morgan fingerprint density at radius 2 is 1.85 bits per heavy atom. The van der Waals surface area contributed by atoms with Gasteiger partial charge in [-0.15, -0.1) is 0 Å². The largest absolute Gasteiger partial charge is 0.497 e. The smallest absolute Gasteiger partial charge is 0.255 e. The molecular weight excluding hydrogens is 366 g/mol. The number of methoxy groups -OCH3 is 2. The standard InChI is InChI=1S/C20H18ClN3O3/c1-26-16-5-3-4-14(11-16)23-19-10-13(8-9-22-19)20(25)24-15-6-7-18(27-2)17(21)12-15/h3-12H,1-2H3,(H,22,23)(H,24,25). The first-order valence-corrected chi connectivity index (χ1v) is 8.49. The van der Waals surface area contributed by atoms with Gasteiger partial charge in [0.15, 0.2) is 0 Å². The van der Waals surface area contributed by atoms with Crippen molar-refractivity contribution in [2.24, 2.45) is 0 Å². The second kappa shape index (κ2) is 8.42. The Balaban J connectivity index is 1.74. The van der Waals surface area contributed by atoms with Gasteiger partial charge in [0.05, 0.1) is 19.2 Å². The van der Waals surface area contributed by atoms with Gasteiger partial charge in [0.1, 0.15) is 17.3 Å². The third-order valence-corrected chi connectivity index (χ3v) is 4.07. The summed E-state index contributed by atoms with van der Waals surface area (Å²) < 4.78 is 10.3. The molecule has 0 radical (unpaired) electrons. The van der Waals surface area contributed by atoms with Crippen molar-refractivity contribution in [3.05, 3.63) is 71.4 Å². The van der Waals surface area contributed by atoms with Crippen molar-refractivity contribution in [3.63, 3.8) is 0 Å². The van der Waals surface area contributed by atoms with Gasteiger partial charge in [0.25, 0.3) is 5.91 Å². The van der Waals surface area contributed by atoms with E-state index < -0.39 is 0 Å². The molecule has 6 nitrogen and oxygen atoms in total. The zero-order valence-corrected chi connectivity index (χ0v) is 15.6. The number of nitrogens with zero attached hydrogens (tertiary/aromatic N) is 1. The molecule has 0 unspecified atom stereocenters. The normalized spacial score (nSPS) is 10.2. The summed E-state index contributed by atoms with van der Waals surface area (Å²) in [7, 11) is 3.14. The molecule has 1 aromatic heterocycles. The first-order chi connectivity index (χ1) is 13.1. The van der Waals surface area contributed by atoms with E-state index in [4.69, 9.17) is 21.1 Å². The number of ether oxygens (including phenoxy) is 2. The quantitative estimate of drug-likeness (QED) is 0.642. The summed E-state index contributed by atoms with van der Waals surface area (Å²) in [4.78, 5) is 16.8. The van der Waals surface area contributed by atoms with E-state index in [2.05, 4.69) is 15.6 Å². The Morgan fingerprint density at radius 3 is 2.59 bits per heavy atom. The predicted octanol–water partition coefficient (Wildman–Crippen LogP) is 4.75. The van der Waals surface area contributed by atoms with Crippen LogP contribution in [0.2, 0.25) is 5.02 Å². The highest BCUT2D eigenvalue weighted by atomic mass is 35.5. The van der Waals surface area contributed by atoms with Crippen LogP contribution in [0.5, 0.6) is 11.5 Å². The predicted molar refractivity (Wildman–Crippen MR) is 106 cm³/mol. The van der Waals surface area contributed by atoms with Gasteiger partial charge in [-0.25, -0.2) is 4.98 Å². The Kier molecular flexibility index (Phi) is 5.78. The summed E-state index contributed by atoms with van der Waals surface area (Å²) in [5.74, 6) is 1.55.